The Labute approximate surface area is 184 Å². The Kier molecular flexibility index (Phi) is 7.83. The molecule has 1 atom stereocenters. The lowest BCUT2D eigenvalue weighted by Crippen LogP contribution is -2.23. The van der Waals surface area contributed by atoms with Gasteiger partial charge in [-0.3, -0.25) is 4.79 Å². The van der Waals surface area contributed by atoms with Gasteiger partial charge >= 0.3 is 0 Å². The van der Waals surface area contributed by atoms with E-state index in [4.69, 9.17) is 4.74 Å². The number of hydrogen-bond acceptors (Lipinski definition) is 5. The van der Waals surface area contributed by atoms with Crippen molar-refractivity contribution in [3.63, 3.8) is 0 Å². The SMILES string of the molecule is COCC#Cc1ccc(NC(=O)[C@H](CC2CCCC2)c2ccc(S(C)(=O)=O)cc2)nc1. The molecule has 1 aliphatic rings. The molecule has 1 aliphatic carbocycles. The Morgan fingerprint density at radius 2 is 1.90 bits per heavy atom. The van der Waals surface area contributed by atoms with Crippen molar-refractivity contribution in [2.24, 2.45) is 5.92 Å². The van der Waals surface area contributed by atoms with Crippen molar-refractivity contribution in [3.8, 4) is 11.8 Å². The van der Waals surface area contributed by atoms with Gasteiger partial charge in [0, 0.05) is 25.1 Å². The van der Waals surface area contributed by atoms with Crippen LogP contribution in [0.3, 0.4) is 0 Å². The summed E-state index contributed by atoms with van der Waals surface area (Å²) in [5.41, 5.74) is 1.56. The number of carbonyl (C=O) groups excluding carboxylic acids is 1. The van der Waals surface area contributed by atoms with E-state index in [0.717, 1.165) is 30.4 Å². The fourth-order valence-electron chi connectivity index (χ4n) is 3.89. The highest BCUT2D eigenvalue weighted by atomic mass is 32.2. The molecule has 0 aliphatic heterocycles. The number of methoxy groups -OCH3 is 1. The zero-order valence-corrected chi connectivity index (χ0v) is 18.7. The van der Waals surface area contributed by atoms with Crippen LogP contribution in [-0.2, 0) is 19.4 Å². The maximum atomic E-state index is 13.2. The van der Waals surface area contributed by atoms with Crippen molar-refractivity contribution in [2.45, 2.75) is 42.9 Å². The highest BCUT2D eigenvalue weighted by Crippen LogP contribution is 2.35. The maximum Gasteiger partial charge on any atom is 0.233 e. The van der Waals surface area contributed by atoms with Crippen molar-refractivity contribution >= 4 is 21.6 Å². The number of aromatic nitrogens is 1. The Balaban J connectivity index is 1.77. The molecule has 6 nitrogen and oxygen atoms in total. The molecular weight excluding hydrogens is 412 g/mol. The fraction of sp³-hybridized carbons (Fsp3) is 0.417. The van der Waals surface area contributed by atoms with E-state index in [0.29, 0.717) is 18.3 Å². The summed E-state index contributed by atoms with van der Waals surface area (Å²) in [7, 11) is -1.69. The van der Waals surface area contributed by atoms with Crippen molar-refractivity contribution in [2.75, 3.05) is 25.3 Å². The van der Waals surface area contributed by atoms with Crippen molar-refractivity contribution < 1.29 is 17.9 Å². The predicted octanol–water partition coefficient (Wildman–Crippen LogP) is 3.79. The van der Waals surface area contributed by atoms with Crippen molar-refractivity contribution in [1.82, 2.24) is 4.98 Å². The van der Waals surface area contributed by atoms with E-state index in [1.165, 1.54) is 19.1 Å². The molecule has 164 valence electrons. The van der Waals surface area contributed by atoms with Crippen LogP contribution in [0.5, 0.6) is 0 Å². The molecule has 0 unspecified atom stereocenters. The minimum atomic E-state index is -3.28. The van der Waals surface area contributed by atoms with Crippen LogP contribution in [0.2, 0.25) is 0 Å². The minimum absolute atomic E-state index is 0.135. The van der Waals surface area contributed by atoms with Crippen LogP contribution in [0.1, 0.15) is 49.1 Å². The second-order valence-electron chi connectivity index (χ2n) is 7.94. The fourth-order valence-corrected chi connectivity index (χ4v) is 4.52. The summed E-state index contributed by atoms with van der Waals surface area (Å²) in [6.07, 6.45) is 8.17. The summed E-state index contributed by atoms with van der Waals surface area (Å²) < 4.78 is 28.5. The Morgan fingerprint density at radius 3 is 2.48 bits per heavy atom. The van der Waals surface area contributed by atoms with E-state index in [1.807, 2.05) is 0 Å². The second kappa shape index (κ2) is 10.6. The van der Waals surface area contributed by atoms with Gasteiger partial charge in [-0.15, -0.1) is 0 Å². The number of ether oxygens (including phenoxy) is 1. The van der Waals surface area contributed by atoms with Gasteiger partial charge in [0.1, 0.15) is 12.4 Å². The summed E-state index contributed by atoms with van der Waals surface area (Å²) in [5.74, 6) is 6.27. The first-order valence-electron chi connectivity index (χ1n) is 10.4. The van der Waals surface area contributed by atoms with Crippen LogP contribution in [0, 0.1) is 17.8 Å². The molecule has 1 N–H and O–H groups in total. The number of rotatable bonds is 7. The third-order valence-electron chi connectivity index (χ3n) is 5.53. The highest BCUT2D eigenvalue weighted by Gasteiger charge is 2.27. The molecule has 0 radical (unpaired) electrons. The van der Waals surface area contributed by atoms with Gasteiger partial charge in [0.25, 0.3) is 0 Å². The zero-order chi connectivity index (χ0) is 22.3. The summed E-state index contributed by atoms with van der Waals surface area (Å²) in [6, 6.07) is 10.2. The number of carbonyl (C=O) groups is 1. The van der Waals surface area contributed by atoms with E-state index < -0.39 is 9.84 Å². The topological polar surface area (TPSA) is 85.4 Å². The smallest absolute Gasteiger partial charge is 0.233 e. The van der Waals surface area contributed by atoms with Crippen LogP contribution in [0.4, 0.5) is 5.82 Å². The largest absolute Gasteiger partial charge is 0.372 e. The number of nitrogens with zero attached hydrogens (tertiary/aromatic N) is 1. The number of hydrogen-bond donors (Lipinski definition) is 1. The Morgan fingerprint density at radius 1 is 1.19 bits per heavy atom. The molecule has 3 rings (SSSR count). The van der Waals surface area contributed by atoms with E-state index in [9.17, 15) is 13.2 Å². The molecule has 31 heavy (non-hydrogen) atoms. The molecule has 0 bridgehead atoms. The first-order valence-corrected chi connectivity index (χ1v) is 12.3. The molecule has 1 amide bonds. The van der Waals surface area contributed by atoms with Gasteiger partial charge in [0.05, 0.1) is 10.8 Å². The van der Waals surface area contributed by atoms with Gasteiger partial charge in [0.15, 0.2) is 9.84 Å². The molecule has 1 fully saturated rings. The lowest BCUT2D eigenvalue weighted by Gasteiger charge is -2.20. The van der Waals surface area contributed by atoms with E-state index in [-0.39, 0.29) is 16.7 Å². The average Bonchev–Trinajstić information content (AvgIpc) is 3.26. The van der Waals surface area contributed by atoms with Crippen molar-refractivity contribution in [3.05, 3.63) is 53.7 Å². The number of anilines is 1. The predicted molar refractivity (Wildman–Crippen MR) is 120 cm³/mol. The molecule has 0 saturated heterocycles. The lowest BCUT2D eigenvalue weighted by molar-refractivity contribution is -0.118. The molecule has 1 saturated carbocycles. The summed E-state index contributed by atoms with van der Waals surface area (Å²) in [4.78, 5) is 17.7. The first-order chi connectivity index (χ1) is 14.9. The second-order valence-corrected chi connectivity index (χ2v) is 9.95. The molecular formula is C24H28N2O4S. The third-order valence-corrected chi connectivity index (χ3v) is 6.66. The minimum Gasteiger partial charge on any atom is -0.372 e. The monoisotopic (exact) mass is 440 g/mol. The number of pyridine rings is 1. The average molecular weight is 441 g/mol. The van der Waals surface area contributed by atoms with Gasteiger partial charge in [0.2, 0.25) is 5.91 Å². The van der Waals surface area contributed by atoms with Gasteiger partial charge in [-0.05, 0) is 42.2 Å². The Bertz CT molecular complexity index is 1050. The zero-order valence-electron chi connectivity index (χ0n) is 17.9. The lowest BCUT2D eigenvalue weighted by atomic mass is 9.87. The molecule has 1 aromatic carbocycles. The van der Waals surface area contributed by atoms with Gasteiger partial charge in [-0.1, -0.05) is 49.7 Å². The summed E-state index contributed by atoms with van der Waals surface area (Å²) >= 11 is 0. The third kappa shape index (κ3) is 6.65. The summed E-state index contributed by atoms with van der Waals surface area (Å²) in [6.45, 7) is 0.347. The normalized spacial score (nSPS) is 15.2. The van der Waals surface area contributed by atoms with E-state index in [1.54, 1.807) is 49.7 Å². The maximum absolute atomic E-state index is 13.2. The number of benzene rings is 1. The number of amides is 1. The summed E-state index contributed by atoms with van der Waals surface area (Å²) in [5, 5.41) is 2.91. The Hall–Kier alpha value is -2.69. The van der Waals surface area contributed by atoms with Crippen LogP contribution in [0.15, 0.2) is 47.5 Å². The van der Waals surface area contributed by atoms with Gasteiger partial charge < -0.3 is 10.1 Å². The molecule has 7 heteroatoms. The quantitative estimate of drug-likeness (QED) is 0.662. The molecule has 1 heterocycles. The van der Waals surface area contributed by atoms with Crippen molar-refractivity contribution in [1.29, 1.82) is 0 Å². The van der Waals surface area contributed by atoms with E-state index in [2.05, 4.69) is 22.1 Å². The molecule has 2 aromatic rings. The van der Waals surface area contributed by atoms with Gasteiger partial charge in [-0.2, -0.15) is 0 Å². The van der Waals surface area contributed by atoms with Crippen LogP contribution in [-0.4, -0.2) is 39.3 Å². The molecule has 1 aromatic heterocycles. The van der Waals surface area contributed by atoms with Crippen LogP contribution < -0.4 is 5.32 Å². The van der Waals surface area contributed by atoms with Crippen LogP contribution >= 0.6 is 0 Å². The van der Waals surface area contributed by atoms with Gasteiger partial charge in [-0.25, -0.2) is 13.4 Å². The van der Waals surface area contributed by atoms with E-state index >= 15 is 0 Å². The van der Waals surface area contributed by atoms with Crippen LogP contribution in [0.25, 0.3) is 0 Å². The highest BCUT2D eigenvalue weighted by molar-refractivity contribution is 7.90. The first kappa shape index (κ1) is 23.0. The molecule has 0 spiro atoms. The number of sulfone groups is 1. The standard InChI is InChI=1S/C24H28N2O4S/c1-30-15-5-8-19-9-14-23(25-17-19)26-24(27)22(16-18-6-3-4-7-18)20-10-12-21(13-11-20)31(2,28)29/h9-14,17-18,22H,3-4,6-7,15-16H2,1-2H3,(H,25,26,27)/t22-/m1/s1. The number of nitrogens with one attached hydrogen (secondary N) is 1.